The van der Waals surface area contributed by atoms with Crippen LogP contribution in [0.3, 0.4) is 0 Å². The van der Waals surface area contributed by atoms with Gasteiger partial charge in [0.25, 0.3) is 11.8 Å². The number of hydrogen-bond acceptors (Lipinski definition) is 10. The molecule has 46 heavy (non-hydrogen) atoms. The van der Waals surface area contributed by atoms with E-state index in [0.717, 1.165) is 36.1 Å². The van der Waals surface area contributed by atoms with Gasteiger partial charge in [-0.1, -0.05) is 108 Å². The van der Waals surface area contributed by atoms with Crippen LogP contribution in [0, 0.1) is 0 Å². The molecule has 0 radical (unpaired) electrons. The van der Waals surface area contributed by atoms with E-state index in [1.54, 1.807) is 23.5 Å². The Kier molecular flexibility index (Phi) is 8.04. The van der Waals surface area contributed by atoms with Crippen LogP contribution in [-0.2, 0) is 22.3 Å². The molecule has 10 heteroatoms. The van der Waals surface area contributed by atoms with E-state index in [4.69, 9.17) is 18.9 Å². The molecular weight excluding hydrogens is 617 g/mol. The Morgan fingerprint density at radius 3 is 1.37 bits per heavy atom. The Morgan fingerprint density at radius 2 is 0.957 bits per heavy atom. The van der Waals surface area contributed by atoms with Gasteiger partial charge < -0.3 is 18.9 Å². The van der Waals surface area contributed by atoms with Gasteiger partial charge >= 0.3 is 0 Å². The molecule has 0 N–H and O–H groups in total. The van der Waals surface area contributed by atoms with Gasteiger partial charge in [-0.25, -0.2) is 10.0 Å². The average molecular weight is 647 g/mol. The van der Waals surface area contributed by atoms with E-state index in [0.29, 0.717) is 11.8 Å². The second-order valence-corrected chi connectivity index (χ2v) is 12.9. The van der Waals surface area contributed by atoms with Crippen molar-refractivity contribution in [3.63, 3.8) is 0 Å². The first kappa shape index (κ1) is 28.7. The van der Waals surface area contributed by atoms with Crippen molar-refractivity contribution < 1.29 is 18.9 Å². The van der Waals surface area contributed by atoms with Crippen LogP contribution in [0.15, 0.2) is 142 Å². The van der Waals surface area contributed by atoms with Crippen molar-refractivity contribution in [2.45, 2.75) is 23.6 Å². The number of hydrazone groups is 2. The highest BCUT2D eigenvalue weighted by atomic mass is 32.2. The lowest BCUT2D eigenvalue weighted by Crippen LogP contribution is -2.13. The van der Waals surface area contributed by atoms with Gasteiger partial charge in [0.05, 0.1) is 0 Å². The first-order chi connectivity index (χ1) is 22.7. The average Bonchev–Trinajstić information content (AvgIpc) is 3.89. The third-order valence-electron chi connectivity index (χ3n) is 7.82. The highest BCUT2D eigenvalue weighted by Gasteiger charge is 2.36. The molecule has 0 saturated carbocycles. The molecule has 0 saturated heterocycles. The van der Waals surface area contributed by atoms with E-state index < -0.39 is 0 Å². The predicted octanol–water partition coefficient (Wildman–Crippen LogP) is 8.01. The molecule has 0 bridgehead atoms. The molecule has 8 nitrogen and oxygen atoms in total. The molecule has 4 heterocycles. The highest BCUT2D eigenvalue weighted by molar-refractivity contribution is 8.02. The van der Waals surface area contributed by atoms with E-state index in [-0.39, 0.29) is 24.0 Å². The van der Waals surface area contributed by atoms with Crippen molar-refractivity contribution >= 4 is 35.3 Å². The molecule has 0 aromatic heterocycles. The number of hydrogen-bond donors (Lipinski definition) is 0. The van der Waals surface area contributed by atoms with Gasteiger partial charge in [0, 0.05) is 10.8 Å². The van der Waals surface area contributed by atoms with E-state index in [1.165, 1.54) is 22.3 Å². The lowest BCUT2D eigenvalue weighted by molar-refractivity contribution is 0.256. The number of rotatable bonds is 11. The van der Waals surface area contributed by atoms with Crippen molar-refractivity contribution in [3.05, 3.63) is 154 Å². The topological polar surface area (TPSA) is 68.1 Å². The van der Waals surface area contributed by atoms with Crippen molar-refractivity contribution in [1.82, 2.24) is 10.0 Å². The van der Waals surface area contributed by atoms with Gasteiger partial charge in [0.1, 0.15) is 22.2 Å². The Balaban J connectivity index is 0.785. The molecule has 4 aromatic rings. The minimum atomic E-state index is 0.0856. The number of ether oxygens (including phenoxy) is 4. The van der Waals surface area contributed by atoms with Crippen LogP contribution < -0.4 is 9.47 Å². The summed E-state index contributed by atoms with van der Waals surface area (Å²) in [6, 6.07) is 37.1. The summed E-state index contributed by atoms with van der Waals surface area (Å²) in [5, 5.41) is 17.3. The molecule has 2 unspecified atom stereocenters. The summed E-state index contributed by atoms with van der Waals surface area (Å²) in [5.74, 6) is 4.18. The minimum absolute atomic E-state index is 0.0856. The van der Waals surface area contributed by atoms with Crippen molar-refractivity contribution in [2.24, 2.45) is 10.2 Å². The zero-order valence-corrected chi connectivity index (χ0v) is 26.4. The van der Waals surface area contributed by atoms with Crippen LogP contribution >= 0.6 is 23.5 Å². The molecule has 0 amide bonds. The maximum atomic E-state index is 5.98. The molecular formula is C36H30N4O4S2. The van der Waals surface area contributed by atoms with Gasteiger partial charge in [0.2, 0.25) is 11.8 Å². The normalized spacial score (nSPS) is 19.4. The van der Waals surface area contributed by atoms with Crippen molar-refractivity contribution in [2.75, 3.05) is 13.2 Å². The first-order valence-electron chi connectivity index (χ1n) is 15.1. The Morgan fingerprint density at radius 1 is 0.543 bits per heavy atom. The smallest absolute Gasteiger partial charge is 0.252 e. The monoisotopic (exact) mass is 646 g/mol. The summed E-state index contributed by atoms with van der Waals surface area (Å²) in [5.41, 5.74) is 4.87. The van der Waals surface area contributed by atoms with Crippen LogP contribution in [0.4, 0.5) is 0 Å². The van der Waals surface area contributed by atoms with E-state index >= 15 is 0 Å². The maximum absolute atomic E-state index is 5.98. The second-order valence-electron chi connectivity index (χ2n) is 11.0. The first-order valence-corrected chi connectivity index (χ1v) is 17.0. The number of thioether (sulfide) groups is 2. The zero-order valence-electron chi connectivity index (χ0n) is 24.8. The molecule has 4 aliphatic rings. The van der Waals surface area contributed by atoms with E-state index in [9.17, 15) is 0 Å². The van der Waals surface area contributed by atoms with Gasteiger partial charge in [-0.2, -0.15) is 0 Å². The summed E-state index contributed by atoms with van der Waals surface area (Å²) in [6.07, 6.45) is 1.85. The summed E-state index contributed by atoms with van der Waals surface area (Å²) in [4.78, 5) is 0. The standard InChI is InChI=1S/C36H30N4O4S2/c1-3-7-27(8-4-1)35-39-33(23-45-35)43-31(37-39)21-41-29-17-13-25(14-18-29)11-12-26-15-19-30(20-16-26)42-22-32-38-40-34(44-32)24-46-36(40)28-9-5-2-6-10-28/h1-10,13-20,23-24,35-36H,11-12,21-22H2. The highest BCUT2D eigenvalue weighted by Crippen LogP contribution is 2.46. The SMILES string of the molecule is C1=C2OC(COc3ccc(CCc4ccc(OCC5=NN6C(=CSC6c6ccccc6)O5)cc4)cc3)=NN2C(c2ccccc2)S1. The Hall–Kier alpha value is -4.80. The molecule has 2 atom stereocenters. The van der Waals surface area contributed by atoms with Crippen molar-refractivity contribution in [3.8, 4) is 11.5 Å². The molecule has 4 aromatic carbocycles. The molecule has 230 valence electrons. The summed E-state index contributed by atoms with van der Waals surface area (Å²) < 4.78 is 23.8. The second kappa shape index (κ2) is 12.9. The third kappa shape index (κ3) is 6.18. The number of benzene rings is 4. The maximum Gasteiger partial charge on any atom is 0.252 e. The molecule has 8 rings (SSSR count). The van der Waals surface area contributed by atoms with Crippen molar-refractivity contribution in [1.29, 1.82) is 0 Å². The summed E-state index contributed by atoms with van der Waals surface area (Å²) in [7, 11) is 0. The van der Waals surface area contributed by atoms with Gasteiger partial charge in [-0.15, -0.1) is 10.2 Å². The molecule has 0 spiro atoms. The van der Waals surface area contributed by atoms with Crippen LogP contribution in [0.5, 0.6) is 11.5 Å². The summed E-state index contributed by atoms with van der Waals surface area (Å²) >= 11 is 3.38. The van der Waals surface area contributed by atoms with Crippen LogP contribution in [0.2, 0.25) is 0 Å². The Bertz CT molecular complexity index is 1680. The van der Waals surface area contributed by atoms with Gasteiger partial charge in [-0.05, 0) is 59.4 Å². The minimum Gasteiger partial charge on any atom is -0.484 e. The largest absolute Gasteiger partial charge is 0.484 e. The van der Waals surface area contributed by atoms with Gasteiger partial charge in [0.15, 0.2) is 13.2 Å². The zero-order chi connectivity index (χ0) is 30.7. The number of fused-ring (bicyclic) bond motifs is 2. The molecule has 4 aliphatic heterocycles. The number of nitrogens with zero attached hydrogens (tertiary/aromatic N) is 4. The molecule has 0 fully saturated rings. The lowest BCUT2D eigenvalue weighted by atomic mass is 10.0. The van der Waals surface area contributed by atoms with Crippen LogP contribution in [0.25, 0.3) is 0 Å². The fraction of sp³-hybridized carbons (Fsp3) is 0.167. The third-order valence-corrected chi connectivity index (χ3v) is 9.95. The van der Waals surface area contributed by atoms with E-state index in [1.807, 2.05) is 81.5 Å². The predicted molar refractivity (Wildman–Crippen MR) is 182 cm³/mol. The van der Waals surface area contributed by atoms with E-state index in [2.05, 4.69) is 58.7 Å². The Labute approximate surface area is 276 Å². The quantitative estimate of drug-likeness (QED) is 0.162. The molecule has 0 aliphatic carbocycles. The fourth-order valence-electron chi connectivity index (χ4n) is 5.44. The van der Waals surface area contributed by atoms with Gasteiger partial charge in [-0.3, -0.25) is 0 Å². The van der Waals surface area contributed by atoms with Crippen LogP contribution in [-0.4, -0.2) is 35.0 Å². The summed E-state index contributed by atoms with van der Waals surface area (Å²) in [6.45, 7) is 0.549. The lowest BCUT2D eigenvalue weighted by Gasteiger charge is -2.17. The fourth-order valence-corrected chi connectivity index (χ4v) is 7.41. The number of aryl methyl sites for hydroxylation is 2. The van der Waals surface area contributed by atoms with Crippen LogP contribution in [0.1, 0.15) is 33.0 Å².